The Morgan fingerprint density at radius 1 is 1.11 bits per heavy atom. The molecular formula is C26H25FN4O2S2. The number of esters is 1. The fourth-order valence-corrected chi connectivity index (χ4v) is 5.31. The van der Waals surface area contributed by atoms with Crippen LogP contribution < -0.4 is 10.6 Å². The Bertz CT molecular complexity index is 1400. The predicted octanol–water partition coefficient (Wildman–Crippen LogP) is 6.32. The van der Waals surface area contributed by atoms with Crippen LogP contribution in [0.1, 0.15) is 32.2 Å². The van der Waals surface area contributed by atoms with Crippen LogP contribution in [0.4, 0.5) is 15.1 Å². The number of methoxy groups -OCH3 is 1. The van der Waals surface area contributed by atoms with Crippen LogP contribution in [0.3, 0.4) is 0 Å². The molecule has 0 saturated heterocycles. The van der Waals surface area contributed by atoms with E-state index in [4.69, 9.17) is 17.0 Å². The van der Waals surface area contributed by atoms with Gasteiger partial charge in [0.1, 0.15) is 16.4 Å². The number of rotatable bonds is 6. The van der Waals surface area contributed by atoms with Gasteiger partial charge in [0.2, 0.25) is 0 Å². The number of anilines is 2. The van der Waals surface area contributed by atoms with Gasteiger partial charge in [-0.25, -0.2) is 9.18 Å². The van der Waals surface area contributed by atoms with Crippen LogP contribution in [0, 0.1) is 26.6 Å². The topological polar surface area (TPSA) is 68.2 Å². The summed E-state index contributed by atoms with van der Waals surface area (Å²) in [5.41, 5.74) is 5.38. The van der Waals surface area contributed by atoms with Crippen molar-refractivity contribution in [3.8, 4) is 11.1 Å². The van der Waals surface area contributed by atoms with Crippen molar-refractivity contribution < 1.29 is 13.9 Å². The standard InChI is InChI=1S/C26H25FN4O2S2/c1-15-23(16(2)31(30-15)14-18-9-8-12-20(27)13-18)28-26(34)29-24-22(25(32)33-4)21(17(3)35-24)19-10-6-5-7-11-19/h5-13H,14H2,1-4H3,(H2,28,29,34). The maximum Gasteiger partial charge on any atom is 0.341 e. The number of nitrogens with one attached hydrogen (secondary N) is 2. The largest absolute Gasteiger partial charge is 0.465 e. The van der Waals surface area contributed by atoms with E-state index in [1.807, 2.05) is 57.2 Å². The number of ether oxygens (including phenoxy) is 1. The molecule has 0 bridgehead atoms. The highest BCUT2D eigenvalue weighted by molar-refractivity contribution is 7.80. The van der Waals surface area contributed by atoms with Gasteiger partial charge in [0.05, 0.1) is 30.7 Å². The van der Waals surface area contributed by atoms with Gasteiger partial charge in [0, 0.05) is 10.4 Å². The second-order valence-electron chi connectivity index (χ2n) is 8.01. The molecule has 9 heteroatoms. The molecule has 2 N–H and O–H groups in total. The zero-order valence-corrected chi connectivity index (χ0v) is 21.4. The second kappa shape index (κ2) is 10.4. The quantitative estimate of drug-likeness (QED) is 0.235. The number of hydrogen-bond acceptors (Lipinski definition) is 5. The van der Waals surface area contributed by atoms with Crippen molar-refractivity contribution in [3.63, 3.8) is 0 Å². The van der Waals surface area contributed by atoms with E-state index < -0.39 is 5.97 Å². The summed E-state index contributed by atoms with van der Waals surface area (Å²) in [5.74, 6) is -0.718. The van der Waals surface area contributed by atoms with Crippen molar-refractivity contribution in [2.45, 2.75) is 27.3 Å². The van der Waals surface area contributed by atoms with E-state index in [1.165, 1.54) is 30.6 Å². The molecule has 180 valence electrons. The van der Waals surface area contributed by atoms with Crippen molar-refractivity contribution in [1.29, 1.82) is 0 Å². The van der Waals surface area contributed by atoms with Gasteiger partial charge in [0.25, 0.3) is 0 Å². The zero-order valence-electron chi connectivity index (χ0n) is 19.8. The predicted molar refractivity (Wildman–Crippen MR) is 143 cm³/mol. The van der Waals surface area contributed by atoms with Gasteiger partial charge in [0.15, 0.2) is 5.11 Å². The Hall–Kier alpha value is -3.56. The van der Waals surface area contributed by atoms with Gasteiger partial charge in [-0.05, 0) is 56.2 Å². The van der Waals surface area contributed by atoms with Gasteiger partial charge in [-0.2, -0.15) is 5.10 Å². The fourth-order valence-electron chi connectivity index (χ4n) is 3.97. The minimum absolute atomic E-state index is 0.282. The van der Waals surface area contributed by atoms with Crippen LogP contribution in [-0.2, 0) is 11.3 Å². The lowest BCUT2D eigenvalue weighted by molar-refractivity contribution is 0.0603. The average Bonchev–Trinajstić information content (AvgIpc) is 3.29. The summed E-state index contributed by atoms with van der Waals surface area (Å²) in [5, 5.41) is 11.9. The molecule has 0 unspecified atom stereocenters. The zero-order chi connectivity index (χ0) is 25.1. The molecule has 4 aromatic rings. The third kappa shape index (κ3) is 5.26. The summed E-state index contributed by atoms with van der Waals surface area (Å²) in [4.78, 5) is 13.7. The lowest BCUT2D eigenvalue weighted by Crippen LogP contribution is -2.21. The maximum atomic E-state index is 13.6. The van der Waals surface area contributed by atoms with E-state index >= 15 is 0 Å². The van der Waals surface area contributed by atoms with E-state index in [0.717, 1.165) is 38.6 Å². The molecule has 0 aliphatic heterocycles. The number of aryl methyl sites for hydroxylation is 2. The monoisotopic (exact) mass is 508 g/mol. The summed E-state index contributed by atoms with van der Waals surface area (Å²) in [7, 11) is 1.37. The van der Waals surface area contributed by atoms with Gasteiger partial charge in [-0.1, -0.05) is 42.5 Å². The highest BCUT2D eigenvalue weighted by Crippen LogP contribution is 2.40. The second-order valence-corrected chi connectivity index (χ2v) is 9.64. The Balaban J connectivity index is 1.59. The fraction of sp³-hybridized carbons (Fsp3) is 0.192. The molecule has 6 nitrogen and oxygen atoms in total. The normalized spacial score (nSPS) is 10.8. The van der Waals surface area contributed by atoms with Gasteiger partial charge in [-0.3, -0.25) is 4.68 Å². The molecule has 35 heavy (non-hydrogen) atoms. The highest BCUT2D eigenvalue weighted by atomic mass is 32.1. The summed E-state index contributed by atoms with van der Waals surface area (Å²) >= 11 is 7.03. The third-order valence-corrected chi connectivity index (χ3v) is 6.83. The first kappa shape index (κ1) is 24.6. The first-order valence-electron chi connectivity index (χ1n) is 10.9. The smallest absolute Gasteiger partial charge is 0.341 e. The molecule has 4 rings (SSSR count). The van der Waals surface area contributed by atoms with E-state index in [1.54, 1.807) is 10.7 Å². The van der Waals surface area contributed by atoms with Gasteiger partial charge in [-0.15, -0.1) is 11.3 Å². The third-order valence-electron chi connectivity index (χ3n) is 5.60. The molecule has 0 spiro atoms. The summed E-state index contributed by atoms with van der Waals surface area (Å²) < 4.78 is 20.5. The van der Waals surface area contributed by atoms with Crippen LogP contribution in [0.2, 0.25) is 0 Å². The molecule has 2 aromatic carbocycles. The maximum absolute atomic E-state index is 13.6. The molecule has 0 saturated carbocycles. The first-order chi connectivity index (χ1) is 16.8. The molecule has 0 radical (unpaired) electrons. The van der Waals surface area contributed by atoms with E-state index in [9.17, 15) is 9.18 Å². The first-order valence-corrected chi connectivity index (χ1v) is 12.1. The lowest BCUT2D eigenvalue weighted by Gasteiger charge is -2.12. The van der Waals surface area contributed by atoms with E-state index in [2.05, 4.69) is 15.7 Å². The summed E-state index contributed by atoms with van der Waals surface area (Å²) in [6.07, 6.45) is 0. The average molecular weight is 509 g/mol. The molecule has 0 atom stereocenters. The number of halogens is 1. The minimum atomic E-state index is -0.436. The lowest BCUT2D eigenvalue weighted by atomic mass is 10.0. The number of thiocarbonyl (C=S) groups is 1. The number of carbonyl (C=O) groups excluding carboxylic acids is 1. The highest BCUT2D eigenvalue weighted by Gasteiger charge is 2.25. The number of carbonyl (C=O) groups is 1. The van der Waals surface area contributed by atoms with Crippen molar-refractivity contribution >= 4 is 45.3 Å². The number of benzene rings is 2. The van der Waals surface area contributed by atoms with Crippen LogP contribution >= 0.6 is 23.6 Å². The van der Waals surface area contributed by atoms with E-state index in [-0.39, 0.29) is 5.82 Å². The van der Waals surface area contributed by atoms with Crippen molar-refractivity contribution in [2.75, 3.05) is 17.7 Å². The van der Waals surface area contributed by atoms with Crippen molar-refractivity contribution in [3.05, 3.63) is 87.8 Å². The molecule has 0 aliphatic carbocycles. The molecule has 0 fully saturated rings. The van der Waals surface area contributed by atoms with Gasteiger partial charge >= 0.3 is 5.97 Å². The molecule has 0 amide bonds. The van der Waals surface area contributed by atoms with Crippen LogP contribution in [-0.4, -0.2) is 28.0 Å². The number of thiophene rings is 1. The Morgan fingerprint density at radius 3 is 2.54 bits per heavy atom. The minimum Gasteiger partial charge on any atom is -0.465 e. The Labute approximate surface area is 212 Å². The molecule has 2 heterocycles. The Kier molecular flexibility index (Phi) is 7.28. The van der Waals surface area contributed by atoms with Crippen molar-refractivity contribution in [1.82, 2.24) is 9.78 Å². The molecule has 2 aromatic heterocycles. The number of hydrogen-bond donors (Lipinski definition) is 2. The summed E-state index contributed by atoms with van der Waals surface area (Å²) in [6.45, 7) is 6.20. The van der Waals surface area contributed by atoms with Crippen LogP contribution in [0.5, 0.6) is 0 Å². The SMILES string of the molecule is COC(=O)c1c(NC(=S)Nc2c(C)nn(Cc3cccc(F)c3)c2C)sc(C)c1-c1ccccc1. The summed E-state index contributed by atoms with van der Waals surface area (Å²) in [6, 6.07) is 16.2. The van der Waals surface area contributed by atoms with E-state index in [0.29, 0.717) is 22.2 Å². The van der Waals surface area contributed by atoms with Crippen LogP contribution in [0.25, 0.3) is 11.1 Å². The molecule has 0 aliphatic rings. The number of aromatic nitrogens is 2. The number of nitrogens with zero attached hydrogens (tertiary/aromatic N) is 2. The molecular weight excluding hydrogens is 483 g/mol. The van der Waals surface area contributed by atoms with Crippen LogP contribution in [0.15, 0.2) is 54.6 Å². The van der Waals surface area contributed by atoms with Gasteiger partial charge < -0.3 is 15.4 Å². The van der Waals surface area contributed by atoms with Crippen molar-refractivity contribution in [2.24, 2.45) is 0 Å². The Morgan fingerprint density at radius 2 is 1.86 bits per heavy atom.